The van der Waals surface area contributed by atoms with Crippen LogP contribution in [0.4, 0.5) is 11.4 Å². The van der Waals surface area contributed by atoms with E-state index < -0.39 is 23.5 Å². The van der Waals surface area contributed by atoms with E-state index in [0.29, 0.717) is 41.0 Å². The molecule has 3 aromatic rings. The highest BCUT2D eigenvalue weighted by atomic mass is 16.5. The van der Waals surface area contributed by atoms with Crippen molar-refractivity contribution < 1.29 is 28.3 Å². The van der Waals surface area contributed by atoms with Gasteiger partial charge in [0.2, 0.25) is 17.6 Å². The minimum absolute atomic E-state index is 0.00150. The molecule has 10 nitrogen and oxygen atoms in total. The van der Waals surface area contributed by atoms with Crippen molar-refractivity contribution in [3.05, 3.63) is 59.9 Å². The van der Waals surface area contributed by atoms with Gasteiger partial charge in [0.25, 0.3) is 5.91 Å². The van der Waals surface area contributed by atoms with Gasteiger partial charge in [-0.15, -0.1) is 0 Å². The maximum atomic E-state index is 13.3. The molecule has 0 aliphatic rings. The summed E-state index contributed by atoms with van der Waals surface area (Å²) in [5.41, 5.74) is 2.02. The first-order valence-corrected chi connectivity index (χ1v) is 12.3. The third-order valence-electron chi connectivity index (χ3n) is 6.14. The zero-order valence-electron chi connectivity index (χ0n) is 22.5. The molecule has 1 atom stereocenters. The number of furan rings is 1. The molecule has 3 rings (SSSR count). The van der Waals surface area contributed by atoms with Crippen LogP contribution in [-0.4, -0.2) is 48.6 Å². The fourth-order valence-corrected chi connectivity index (χ4v) is 3.94. The Balaban J connectivity index is 2.09. The summed E-state index contributed by atoms with van der Waals surface area (Å²) < 4.78 is 11.0. The van der Waals surface area contributed by atoms with Crippen LogP contribution in [0, 0.1) is 17.2 Å². The van der Waals surface area contributed by atoms with Gasteiger partial charge in [-0.25, -0.2) is 0 Å². The number of carbonyl (C=O) groups is 4. The van der Waals surface area contributed by atoms with E-state index in [4.69, 9.17) is 9.15 Å². The van der Waals surface area contributed by atoms with Gasteiger partial charge in [0.05, 0.1) is 13.2 Å². The summed E-state index contributed by atoms with van der Waals surface area (Å²) in [6.07, 6.45) is 1.52. The number of allylic oxidation sites excluding steroid dienone is 1. The third kappa shape index (κ3) is 6.51. The number of amides is 3. The number of ketones is 1. The van der Waals surface area contributed by atoms with E-state index in [2.05, 4.69) is 10.6 Å². The lowest BCUT2D eigenvalue weighted by atomic mass is 10.0. The summed E-state index contributed by atoms with van der Waals surface area (Å²) in [7, 11) is 1.50. The van der Waals surface area contributed by atoms with Crippen LogP contribution in [0.3, 0.4) is 0 Å². The van der Waals surface area contributed by atoms with Crippen LogP contribution in [0.1, 0.15) is 43.8 Å². The fraction of sp³-hybridized carbons (Fsp3) is 0.276. The van der Waals surface area contributed by atoms with Crippen molar-refractivity contribution in [3.8, 4) is 11.8 Å². The molecule has 1 heterocycles. The zero-order chi connectivity index (χ0) is 28.7. The smallest absolute Gasteiger partial charge is 0.293 e. The van der Waals surface area contributed by atoms with E-state index in [0.717, 1.165) is 6.92 Å². The highest BCUT2D eigenvalue weighted by molar-refractivity contribution is 6.17. The number of ether oxygens (including phenoxy) is 1. The normalized spacial score (nSPS) is 11.8. The quantitative estimate of drug-likeness (QED) is 0.287. The molecule has 0 aliphatic carbocycles. The number of likely N-dealkylation sites (N-methyl/N-ethyl adjacent to an activating group) is 1. The Bertz CT molecular complexity index is 1490. The first kappa shape index (κ1) is 28.7. The van der Waals surface area contributed by atoms with E-state index in [9.17, 15) is 24.4 Å². The van der Waals surface area contributed by atoms with Crippen LogP contribution >= 0.6 is 0 Å². The lowest BCUT2D eigenvalue weighted by molar-refractivity contribution is -0.128. The lowest BCUT2D eigenvalue weighted by Crippen LogP contribution is -2.28. The summed E-state index contributed by atoms with van der Waals surface area (Å²) in [5.74, 6) is -3.61. The average molecular weight is 531 g/mol. The standard InChI is InChI=1S/C29H30N4O6/c1-6-33(7-2)25(35)13-17(3)19-11-12-24-22(14-19)26(32-28(36)23(16-30)18(4)34)27(39-24)29(37)31-20-9-8-10-21(15-20)38-5/h8-15,23H,6-7H2,1-5H3,(H,31,37)(H,32,36). The van der Waals surface area contributed by atoms with Gasteiger partial charge in [-0.3, -0.25) is 19.2 Å². The van der Waals surface area contributed by atoms with E-state index in [-0.39, 0.29) is 22.9 Å². The highest BCUT2D eigenvalue weighted by Crippen LogP contribution is 2.34. The number of nitrogens with one attached hydrogen (secondary N) is 2. The summed E-state index contributed by atoms with van der Waals surface area (Å²) in [5, 5.41) is 14.9. The van der Waals surface area contributed by atoms with Crippen LogP contribution in [0.15, 0.2) is 53.0 Å². The van der Waals surface area contributed by atoms with Crippen LogP contribution in [0.5, 0.6) is 5.75 Å². The van der Waals surface area contributed by atoms with Crippen molar-refractivity contribution in [2.45, 2.75) is 27.7 Å². The number of carbonyl (C=O) groups excluding carboxylic acids is 4. The second kappa shape index (κ2) is 12.6. The van der Waals surface area contributed by atoms with Crippen LogP contribution in [0.2, 0.25) is 0 Å². The maximum absolute atomic E-state index is 13.3. The highest BCUT2D eigenvalue weighted by Gasteiger charge is 2.28. The largest absolute Gasteiger partial charge is 0.497 e. The lowest BCUT2D eigenvalue weighted by Gasteiger charge is -2.16. The minimum atomic E-state index is -1.57. The van der Waals surface area contributed by atoms with Gasteiger partial charge in [0.1, 0.15) is 17.0 Å². The van der Waals surface area contributed by atoms with Crippen molar-refractivity contribution >= 4 is 51.4 Å². The Labute approximate surface area is 226 Å². The van der Waals surface area contributed by atoms with Gasteiger partial charge < -0.3 is 24.7 Å². The maximum Gasteiger partial charge on any atom is 0.293 e. The van der Waals surface area contributed by atoms with Crippen molar-refractivity contribution in [1.29, 1.82) is 5.26 Å². The molecule has 3 amide bonds. The van der Waals surface area contributed by atoms with E-state index in [1.807, 2.05) is 13.8 Å². The number of Topliss-reactive ketones (excluding diaryl/α,β-unsaturated/α-hetero) is 1. The number of hydrogen-bond acceptors (Lipinski definition) is 7. The molecule has 1 unspecified atom stereocenters. The molecule has 1 aromatic heterocycles. The van der Waals surface area contributed by atoms with Crippen LogP contribution in [0.25, 0.3) is 16.5 Å². The monoisotopic (exact) mass is 530 g/mol. The van der Waals surface area contributed by atoms with Gasteiger partial charge in [-0.2, -0.15) is 5.26 Å². The zero-order valence-corrected chi connectivity index (χ0v) is 22.5. The van der Waals surface area contributed by atoms with Crippen molar-refractivity contribution in [2.24, 2.45) is 5.92 Å². The summed E-state index contributed by atoms with van der Waals surface area (Å²) in [6, 6.07) is 13.4. The van der Waals surface area contributed by atoms with E-state index >= 15 is 0 Å². The molecule has 0 fully saturated rings. The molecule has 2 N–H and O–H groups in total. The Kier molecular flexibility index (Phi) is 9.23. The molecule has 0 aliphatic heterocycles. The number of nitrogens with zero attached hydrogens (tertiary/aromatic N) is 2. The SMILES string of the molecule is CCN(CC)C(=O)C=C(C)c1ccc2oc(C(=O)Nc3cccc(OC)c3)c(NC(=O)C(C#N)C(C)=O)c2c1. The Hall–Kier alpha value is -4.91. The second-order valence-corrected chi connectivity index (χ2v) is 8.70. The Morgan fingerprint density at radius 3 is 2.41 bits per heavy atom. The molecule has 0 saturated heterocycles. The van der Waals surface area contributed by atoms with E-state index in [1.54, 1.807) is 60.4 Å². The molecular weight excluding hydrogens is 500 g/mol. The van der Waals surface area contributed by atoms with Gasteiger partial charge in [-0.1, -0.05) is 12.1 Å². The van der Waals surface area contributed by atoms with Gasteiger partial charge in [0, 0.05) is 36.3 Å². The molecule has 0 radical (unpaired) electrons. The molecular formula is C29H30N4O6. The predicted molar refractivity (Wildman–Crippen MR) is 147 cm³/mol. The summed E-state index contributed by atoms with van der Waals surface area (Å²) >= 11 is 0. The van der Waals surface area contributed by atoms with Crippen LogP contribution < -0.4 is 15.4 Å². The first-order valence-electron chi connectivity index (χ1n) is 12.3. The van der Waals surface area contributed by atoms with Gasteiger partial charge in [0.15, 0.2) is 11.7 Å². The number of methoxy groups -OCH3 is 1. The van der Waals surface area contributed by atoms with E-state index in [1.165, 1.54) is 13.2 Å². The fourth-order valence-electron chi connectivity index (χ4n) is 3.94. The Morgan fingerprint density at radius 1 is 1.08 bits per heavy atom. The number of hydrogen-bond donors (Lipinski definition) is 2. The molecule has 39 heavy (non-hydrogen) atoms. The molecule has 0 spiro atoms. The number of benzene rings is 2. The van der Waals surface area contributed by atoms with Crippen molar-refractivity contribution in [3.63, 3.8) is 0 Å². The summed E-state index contributed by atoms with van der Waals surface area (Å²) in [6.45, 7) is 7.83. The molecule has 10 heteroatoms. The number of fused-ring (bicyclic) bond motifs is 1. The Morgan fingerprint density at radius 2 is 1.79 bits per heavy atom. The third-order valence-corrected chi connectivity index (χ3v) is 6.14. The van der Waals surface area contributed by atoms with Gasteiger partial charge in [-0.05, 0) is 63.1 Å². The molecule has 0 saturated carbocycles. The number of nitriles is 1. The van der Waals surface area contributed by atoms with Gasteiger partial charge >= 0.3 is 0 Å². The minimum Gasteiger partial charge on any atom is -0.497 e. The summed E-state index contributed by atoms with van der Waals surface area (Å²) in [4.78, 5) is 52.2. The van der Waals surface area contributed by atoms with Crippen molar-refractivity contribution in [2.75, 3.05) is 30.8 Å². The second-order valence-electron chi connectivity index (χ2n) is 8.70. The predicted octanol–water partition coefficient (Wildman–Crippen LogP) is 4.63. The number of anilines is 2. The average Bonchev–Trinajstić information content (AvgIpc) is 3.27. The topological polar surface area (TPSA) is 142 Å². The van der Waals surface area contributed by atoms with Crippen LogP contribution in [-0.2, 0) is 14.4 Å². The molecule has 0 bridgehead atoms. The molecule has 2 aromatic carbocycles. The van der Waals surface area contributed by atoms with Crippen molar-refractivity contribution in [1.82, 2.24) is 4.90 Å². The first-order chi connectivity index (χ1) is 18.6. The number of rotatable bonds is 10. The molecule has 202 valence electrons.